The van der Waals surface area contributed by atoms with Crippen LogP contribution in [0.2, 0.25) is 0 Å². The maximum absolute atomic E-state index is 12.8. The van der Waals surface area contributed by atoms with E-state index in [1.165, 1.54) is 18.5 Å². The molecule has 3 aromatic rings. The van der Waals surface area contributed by atoms with E-state index in [0.29, 0.717) is 26.2 Å². The smallest absolute Gasteiger partial charge is 0.282 e. The first-order chi connectivity index (χ1) is 14.0. The lowest BCUT2D eigenvalue weighted by molar-refractivity contribution is -0.385. The van der Waals surface area contributed by atoms with Crippen LogP contribution in [0.1, 0.15) is 16.2 Å². The molecule has 1 aliphatic rings. The van der Waals surface area contributed by atoms with Crippen molar-refractivity contribution in [2.45, 2.75) is 6.92 Å². The molecule has 1 amide bonds. The topological polar surface area (TPSA) is 110 Å². The van der Waals surface area contributed by atoms with Gasteiger partial charge in [-0.05, 0) is 13.0 Å². The van der Waals surface area contributed by atoms with E-state index in [1.807, 2.05) is 23.8 Å². The van der Waals surface area contributed by atoms with Crippen LogP contribution in [-0.2, 0) is 0 Å². The summed E-state index contributed by atoms with van der Waals surface area (Å²) in [5.41, 5.74) is -0.0538. The zero-order chi connectivity index (χ0) is 20.4. The van der Waals surface area contributed by atoms with Crippen LogP contribution in [0.25, 0.3) is 5.82 Å². The van der Waals surface area contributed by atoms with Crippen LogP contribution >= 0.6 is 0 Å². The van der Waals surface area contributed by atoms with Crippen LogP contribution in [0.4, 0.5) is 11.5 Å². The van der Waals surface area contributed by atoms with E-state index in [-0.39, 0.29) is 17.2 Å². The van der Waals surface area contributed by atoms with Gasteiger partial charge in [0.2, 0.25) is 0 Å². The van der Waals surface area contributed by atoms with Crippen molar-refractivity contribution in [3.8, 4) is 5.82 Å². The Bertz CT molecular complexity index is 1060. The number of imidazole rings is 1. The molecule has 4 rings (SSSR count). The lowest BCUT2D eigenvalue weighted by Crippen LogP contribution is -2.49. The summed E-state index contributed by atoms with van der Waals surface area (Å²) in [7, 11) is 0. The average molecular weight is 393 g/mol. The van der Waals surface area contributed by atoms with Gasteiger partial charge in [-0.2, -0.15) is 0 Å². The summed E-state index contributed by atoms with van der Waals surface area (Å²) >= 11 is 0. The Morgan fingerprint density at radius 1 is 1.07 bits per heavy atom. The van der Waals surface area contributed by atoms with Gasteiger partial charge in [0.15, 0.2) is 0 Å². The lowest BCUT2D eigenvalue weighted by atomic mass is 10.1. The largest absolute Gasteiger partial charge is 0.353 e. The molecule has 0 atom stereocenters. The van der Waals surface area contributed by atoms with Crippen molar-refractivity contribution in [1.29, 1.82) is 0 Å². The van der Waals surface area contributed by atoms with E-state index in [0.717, 1.165) is 17.5 Å². The van der Waals surface area contributed by atoms with Crippen molar-refractivity contribution in [2.75, 3.05) is 31.1 Å². The predicted molar refractivity (Wildman–Crippen MR) is 105 cm³/mol. The summed E-state index contributed by atoms with van der Waals surface area (Å²) in [6.07, 6.45) is 5.06. The van der Waals surface area contributed by atoms with Crippen LogP contribution in [0.3, 0.4) is 0 Å². The monoisotopic (exact) mass is 393 g/mol. The van der Waals surface area contributed by atoms with Gasteiger partial charge in [-0.15, -0.1) is 0 Å². The van der Waals surface area contributed by atoms with Crippen molar-refractivity contribution in [3.63, 3.8) is 0 Å². The second-order valence-corrected chi connectivity index (χ2v) is 6.63. The van der Waals surface area contributed by atoms with E-state index in [4.69, 9.17) is 0 Å². The van der Waals surface area contributed by atoms with Crippen molar-refractivity contribution >= 4 is 17.4 Å². The first-order valence-electron chi connectivity index (χ1n) is 9.14. The molecule has 0 aliphatic carbocycles. The van der Waals surface area contributed by atoms with E-state index in [9.17, 15) is 14.9 Å². The quantitative estimate of drug-likeness (QED) is 0.491. The molecule has 0 saturated carbocycles. The van der Waals surface area contributed by atoms with Gasteiger partial charge >= 0.3 is 0 Å². The Morgan fingerprint density at radius 3 is 2.48 bits per heavy atom. The summed E-state index contributed by atoms with van der Waals surface area (Å²) in [5.74, 6) is 1.99. The van der Waals surface area contributed by atoms with Crippen LogP contribution < -0.4 is 4.90 Å². The summed E-state index contributed by atoms with van der Waals surface area (Å²) in [5, 5.41) is 11.2. The number of benzene rings is 1. The maximum Gasteiger partial charge on any atom is 0.282 e. The van der Waals surface area contributed by atoms with Crippen molar-refractivity contribution in [2.24, 2.45) is 0 Å². The third-order valence-corrected chi connectivity index (χ3v) is 4.93. The van der Waals surface area contributed by atoms with Gasteiger partial charge in [-0.1, -0.05) is 12.1 Å². The maximum atomic E-state index is 12.8. The highest BCUT2D eigenvalue weighted by Gasteiger charge is 2.27. The van der Waals surface area contributed by atoms with Crippen molar-refractivity contribution in [1.82, 2.24) is 24.4 Å². The number of aromatic nitrogens is 4. The zero-order valence-electron chi connectivity index (χ0n) is 15.8. The highest BCUT2D eigenvalue weighted by atomic mass is 16.6. The Kier molecular flexibility index (Phi) is 4.90. The lowest BCUT2D eigenvalue weighted by Gasteiger charge is -2.35. The fraction of sp³-hybridized carbons (Fsp3) is 0.263. The Morgan fingerprint density at radius 2 is 1.79 bits per heavy atom. The molecule has 0 bridgehead atoms. The highest BCUT2D eigenvalue weighted by molar-refractivity contribution is 5.98. The molecule has 0 spiro atoms. The molecular formula is C19H19N7O3. The number of nitro groups is 1. The minimum Gasteiger partial charge on any atom is -0.353 e. The second-order valence-electron chi connectivity index (χ2n) is 6.63. The minimum absolute atomic E-state index is 0.117. The predicted octanol–water partition coefficient (Wildman–Crippen LogP) is 1.84. The van der Waals surface area contributed by atoms with Crippen LogP contribution in [-0.4, -0.2) is 61.4 Å². The third kappa shape index (κ3) is 3.64. The molecule has 1 aliphatic heterocycles. The Labute approximate surface area is 166 Å². The van der Waals surface area contributed by atoms with Gasteiger partial charge in [0, 0.05) is 50.7 Å². The highest BCUT2D eigenvalue weighted by Crippen LogP contribution is 2.22. The number of rotatable bonds is 4. The second kappa shape index (κ2) is 7.66. The van der Waals surface area contributed by atoms with Gasteiger partial charge < -0.3 is 9.80 Å². The number of piperazine rings is 1. The van der Waals surface area contributed by atoms with E-state index in [2.05, 4.69) is 19.9 Å². The molecular weight excluding hydrogens is 374 g/mol. The van der Waals surface area contributed by atoms with E-state index in [1.54, 1.807) is 23.2 Å². The number of amides is 1. The van der Waals surface area contributed by atoms with Gasteiger partial charge in [0.1, 0.15) is 29.4 Å². The number of nitro benzene ring substituents is 1. The van der Waals surface area contributed by atoms with Gasteiger partial charge in [0.25, 0.3) is 11.6 Å². The molecule has 10 nitrogen and oxygen atoms in total. The van der Waals surface area contributed by atoms with Gasteiger partial charge in [-0.3, -0.25) is 19.5 Å². The van der Waals surface area contributed by atoms with Crippen molar-refractivity contribution < 1.29 is 9.72 Å². The molecule has 2 aromatic heterocycles. The summed E-state index contributed by atoms with van der Waals surface area (Å²) < 4.78 is 1.87. The summed E-state index contributed by atoms with van der Waals surface area (Å²) in [4.78, 5) is 40.0. The summed E-state index contributed by atoms with van der Waals surface area (Å²) in [6.45, 7) is 3.95. The fourth-order valence-electron chi connectivity index (χ4n) is 3.38. The van der Waals surface area contributed by atoms with Crippen LogP contribution in [0.5, 0.6) is 0 Å². The number of carbonyl (C=O) groups is 1. The molecule has 1 fully saturated rings. The number of hydrogen-bond donors (Lipinski definition) is 0. The summed E-state index contributed by atoms with van der Waals surface area (Å²) in [6, 6.07) is 7.92. The number of hydrogen-bond acceptors (Lipinski definition) is 7. The third-order valence-electron chi connectivity index (χ3n) is 4.93. The molecule has 10 heteroatoms. The van der Waals surface area contributed by atoms with E-state index >= 15 is 0 Å². The number of aryl methyl sites for hydroxylation is 1. The van der Waals surface area contributed by atoms with Crippen molar-refractivity contribution in [3.05, 3.63) is 70.6 Å². The number of anilines is 1. The van der Waals surface area contributed by atoms with E-state index < -0.39 is 4.92 Å². The van der Waals surface area contributed by atoms with Crippen LogP contribution in [0, 0.1) is 17.0 Å². The standard InChI is InChI=1S/C19H19N7O3/c1-14-20-6-7-25(14)18-12-17(21-13-22-18)23-8-10-24(11-9-23)19(27)15-4-2-3-5-16(15)26(28)29/h2-7,12-13H,8-11H2,1H3. The molecule has 0 N–H and O–H groups in total. The fourth-order valence-corrected chi connectivity index (χ4v) is 3.38. The molecule has 1 saturated heterocycles. The number of nitrogens with zero attached hydrogens (tertiary/aromatic N) is 7. The number of para-hydroxylation sites is 1. The molecule has 0 radical (unpaired) electrons. The minimum atomic E-state index is -0.524. The first-order valence-corrected chi connectivity index (χ1v) is 9.14. The van der Waals surface area contributed by atoms with Gasteiger partial charge in [-0.25, -0.2) is 15.0 Å². The van der Waals surface area contributed by atoms with Crippen LogP contribution in [0.15, 0.2) is 49.1 Å². The average Bonchev–Trinajstić information content (AvgIpc) is 3.19. The number of carbonyl (C=O) groups excluding carboxylic acids is 1. The molecule has 1 aromatic carbocycles. The van der Waals surface area contributed by atoms with Gasteiger partial charge in [0.05, 0.1) is 4.92 Å². The SMILES string of the molecule is Cc1nccn1-c1cc(N2CCN(C(=O)c3ccccc3[N+](=O)[O-])CC2)ncn1. The molecule has 148 valence electrons. The molecule has 0 unspecified atom stereocenters. The normalized spacial score (nSPS) is 14.1. The zero-order valence-corrected chi connectivity index (χ0v) is 15.8. The Balaban J connectivity index is 1.47. The first kappa shape index (κ1) is 18.5. The molecule has 3 heterocycles. The molecule has 29 heavy (non-hydrogen) atoms. The Hall–Kier alpha value is -3.82.